The van der Waals surface area contributed by atoms with Gasteiger partial charge in [0.2, 0.25) is 11.7 Å². The van der Waals surface area contributed by atoms with E-state index in [2.05, 4.69) is 10.2 Å². The van der Waals surface area contributed by atoms with Gasteiger partial charge in [0.1, 0.15) is 5.82 Å². The fourth-order valence-electron chi connectivity index (χ4n) is 3.01. The van der Waals surface area contributed by atoms with E-state index < -0.39 is 33.2 Å². The van der Waals surface area contributed by atoms with E-state index in [0.717, 1.165) is 22.6 Å². The Bertz CT molecular complexity index is 900. The van der Waals surface area contributed by atoms with Crippen LogP contribution >= 0.6 is 22.6 Å². The molecule has 152 valence electrons. The van der Waals surface area contributed by atoms with Crippen LogP contribution in [0.4, 0.5) is 22.0 Å². The SMILES string of the molecule is N[C@@H](CC(=O)N1CCn2c(nnc2C(F)(F)I)C1)Cc1cc(F)c(F)cc1F. The van der Waals surface area contributed by atoms with Crippen LogP contribution in [0.2, 0.25) is 0 Å². The fourth-order valence-corrected chi connectivity index (χ4v) is 3.41. The molecule has 1 aromatic carbocycles. The van der Waals surface area contributed by atoms with Gasteiger partial charge in [-0.3, -0.25) is 4.79 Å². The van der Waals surface area contributed by atoms with Crippen molar-refractivity contribution in [2.24, 2.45) is 5.73 Å². The quantitative estimate of drug-likeness (QED) is 0.288. The fraction of sp³-hybridized carbons (Fsp3) is 0.438. The van der Waals surface area contributed by atoms with Crippen molar-refractivity contribution in [2.45, 2.75) is 35.9 Å². The highest BCUT2D eigenvalue weighted by Crippen LogP contribution is 2.34. The second kappa shape index (κ2) is 7.89. The lowest BCUT2D eigenvalue weighted by Crippen LogP contribution is -2.42. The van der Waals surface area contributed by atoms with E-state index >= 15 is 0 Å². The number of nitrogens with zero attached hydrogens (tertiary/aromatic N) is 4. The van der Waals surface area contributed by atoms with Crippen molar-refractivity contribution in [2.75, 3.05) is 6.54 Å². The normalized spacial score (nSPS) is 15.5. The van der Waals surface area contributed by atoms with E-state index in [0.29, 0.717) is 12.1 Å². The molecule has 0 bridgehead atoms. The minimum absolute atomic E-state index is 0.00912. The van der Waals surface area contributed by atoms with E-state index in [4.69, 9.17) is 5.73 Å². The maximum atomic E-state index is 13.7. The van der Waals surface area contributed by atoms with Gasteiger partial charge in [0.25, 0.3) is 0 Å². The maximum Gasteiger partial charge on any atom is 0.354 e. The smallest absolute Gasteiger partial charge is 0.333 e. The van der Waals surface area contributed by atoms with Gasteiger partial charge in [0.15, 0.2) is 17.5 Å². The van der Waals surface area contributed by atoms with E-state index in [1.165, 1.54) is 9.47 Å². The van der Waals surface area contributed by atoms with Gasteiger partial charge in [-0.05, 0) is 18.1 Å². The maximum absolute atomic E-state index is 13.7. The lowest BCUT2D eigenvalue weighted by molar-refractivity contribution is -0.133. The number of fused-ring (bicyclic) bond motifs is 1. The summed E-state index contributed by atoms with van der Waals surface area (Å²) in [5.74, 6) is -4.08. The largest absolute Gasteiger partial charge is 0.354 e. The number of alkyl halides is 3. The molecule has 2 N–H and O–H groups in total. The van der Waals surface area contributed by atoms with Crippen molar-refractivity contribution in [1.82, 2.24) is 19.7 Å². The Hall–Kier alpha value is -1.83. The third-order valence-corrected chi connectivity index (χ3v) is 4.85. The summed E-state index contributed by atoms with van der Waals surface area (Å²) in [7, 11) is 0. The summed E-state index contributed by atoms with van der Waals surface area (Å²) < 4.78 is 65.0. The molecule has 0 saturated carbocycles. The summed E-state index contributed by atoms with van der Waals surface area (Å²) in [6.07, 6.45) is -0.341. The minimum atomic E-state index is -3.17. The molecule has 1 amide bonds. The standard InChI is InChI=1S/C16H15F5IN5O/c17-10-6-12(19)11(18)4-8(10)3-9(23)5-14(28)26-1-2-27-13(7-26)24-25-15(27)16(20,21)22/h4,6,9H,1-3,5,7,23H2/t9-/m1/s1. The molecule has 0 saturated heterocycles. The van der Waals surface area contributed by atoms with Gasteiger partial charge >= 0.3 is 3.93 Å². The average Bonchev–Trinajstić information content (AvgIpc) is 3.03. The number of carbonyl (C=O) groups is 1. The molecule has 0 spiro atoms. The second-order valence-electron chi connectivity index (χ2n) is 6.43. The predicted octanol–water partition coefficient (Wildman–Crippen LogP) is 2.48. The zero-order valence-corrected chi connectivity index (χ0v) is 16.5. The zero-order chi connectivity index (χ0) is 20.6. The number of halogens is 6. The molecular weight excluding hydrogens is 500 g/mol. The lowest BCUT2D eigenvalue weighted by Gasteiger charge is -2.29. The molecule has 1 aliphatic rings. The number of aromatic nitrogens is 3. The van der Waals surface area contributed by atoms with Crippen molar-refractivity contribution in [3.8, 4) is 0 Å². The number of rotatable bonds is 5. The number of hydrogen-bond donors (Lipinski definition) is 1. The van der Waals surface area contributed by atoms with Gasteiger partial charge in [0.05, 0.1) is 6.54 Å². The van der Waals surface area contributed by atoms with Gasteiger partial charge < -0.3 is 15.2 Å². The van der Waals surface area contributed by atoms with Crippen molar-refractivity contribution >= 4 is 28.5 Å². The number of carbonyl (C=O) groups excluding carboxylic acids is 1. The highest BCUT2D eigenvalue weighted by molar-refractivity contribution is 14.1. The van der Waals surface area contributed by atoms with Crippen LogP contribution in [0.1, 0.15) is 23.6 Å². The first-order valence-corrected chi connectivity index (χ1v) is 9.30. The Morgan fingerprint density at radius 1 is 1.18 bits per heavy atom. The molecule has 0 fully saturated rings. The number of amides is 1. The van der Waals surface area contributed by atoms with Crippen LogP contribution in [0.3, 0.4) is 0 Å². The van der Waals surface area contributed by atoms with Crippen LogP contribution in [0.25, 0.3) is 0 Å². The van der Waals surface area contributed by atoms with Crippen LogP contribution < -0.4 is 5.73 Å². The molecule has 1 aromatic heterocycles. The van der Waals surface area contributed by atoms with Crippen molar-refractivity contribution in [3.05, 3.63) is 46.8 Å². The van der Waals surface area contributed by atoms with E-state index in [9.17, 15) is 26.7 Å². The predicted molar refractivity (Wildman–Crippen MR) is 96.0 cm³/mol. The average molecular weight is 515 g/mol. The molecule has 1 atom stereocenters. The molecule has 6 nitrogen and oxygen atoms in total. The monoisotopic (exact) mass is 515 g/mol. The number of benzene rings is 1. The zero-order valence-electron chi connectivity index (χ0n) is 14.3. The van der Waals surface area contributed by atoms with Crippen molar-refractivity contribution in [3.63, 3.8) is 0 Å². The van der Waals surface area contributed by atoms with Gasteiger partial charge in [-0.2, -0.15) is 8.78 Å². The molecule has 3 rings (SSSR count). The lowest BCUT2D eigenvalue weighted by atomic mass is 10.0. The van der Waals surface area contributed by atoms with Gasteiger partial charge in [-0.15, -0.1) is 10.2 Å². The van der Waals surface area contributed by atoms with Crippen LogP contribution in [0.15, 0.2) is 12.1 Å². The van der Waals surface area contributed by atoms with Crippen LogP contribution in [-0.2, 0) is 28.2 Å². The van der Waals surface area contributed by atoms with Crippen LogP contribution in [0.5, 0.6) is 0 Å². The molecule has 1 aliphatic heterocycles. The topological polar surface area (TPSA) is 77.0 Å². The first-order valence-electron chi connectivity index (χ1n) is 8.22. The summed E-state index contributed by atoms with van der Waals surface area (Å²) >= 11 is 0.963. The van der Waals surface area contributed by atoms with Gasteiger partial charge in [0, 0.05) is 54.2 Å². The third kappa shape index (κ3) is 4.42. The highest BCUT2D eigenvalue weighted by atomic mass is 127. The Balaban J connectivity index is 1.63. The molecular formula is C16H15F5IN5O. The number of nitrogens with two attached hydrogens (primary N) is 1. The number of hydrogen-bond acceptors (Lipinski definition) is 4. The Morgan fingerprint density at radius 3 is 2.54 bits per heavy atom. The van der Waals surface area contributed by atoms with E-state index in [-0.39, 0.29) is 49.8 Å². The Morgan fingerprint density at radius 2 is 1.86 bits per heavy atom. The summed E-state index contributed by atoms with van der Waals surface area (Å²) in [4.78, 5) is 13.8. The molecule has 0 aliphatic carbocycles. The molecule has 12 heteroatoms. The van der Waals surface area contributed by atoms with E-state index in [1.54, 1.807) is 0 Å². The molecule has 28 heavy (non-hydrogen) atoms. The van der Waals surface area contributed by atoms with E-state index in [1.807, 2.05) is 0 Å². The Kier molecular flexibility index (Phi) is 5.89. The van der Waals surface area contributed by atoms with Crippen LogP contribution in [0, 0.1) is 17.5 Å². The summed E-state index contributed by atoms with van der Waals surface area (Å²) in [5.41, 5.74) is 5.73. The summed E-state index contributed by atoms with van der Waals surface area (Å²) in [6, 6.07) is 0.308. The first-order chi connectivity index (χ1) is 13.1. The molecule has 2 aromatic rings. The molecule has 0 radical (unpaired) electrons. The minimum Gasteiger partial charge on any atom is -0.333 e. The van der Waals surface area contributed by atoms with Crippen molar-refractivity contribution in [1.29, 1.82) is 0 Å². The molecule has 2 heterocycles. The van der Waals surface area contributed by atoms with Gasteiger partial charge in [-0.1, -0.05) is 0 Å². The Labute approximate surface area is 170 Å². The van der Waals surface area contributed by atoms with Crippen molar-refractivity contribution < 1.29 is 26.7 Å². The third-order valence-electron chi connectivity index (χ3n) is 4.37. The highest BCUT2D eigenvalue weighted by Gasteiger charge is 2.37. The molecule has 0 unspecified atom stereocenters. The summed E-state index contributed by atoms with van der Waals surface area (Å²) in [6.45, 7) is 0.260. The summed E-state index contributed by atoms with van der Waals surface area (Å²) in [5, 5.41) is 7.20. The second-order valence-corrected chi connectivity index (χ2v) is 7.79. The first kappa shape index (κ1) is 20.9. The van der Waals surface area contributed by atoms with Crippen LogP contribution in [-0.4, -0.2) is 38.2 Å². The van der Waals surface area contributed by atoms with Gasteiger partial charge in [-0.25, -0.2) is 13.2 Å².